The molecule has 1 heteroatoms. The molecule has 86 valence electrons. The zero-order chi connectivity index (χ0) is 12.0. The molecular formula is C16H15Cl. The van der Waals surface area contributed by atoms with E-state index in [-0.39, 0.29) is 0 Å². The van der Waals surface area contributed by atoms with Crippen LogP contribution in [0.15, 0.2) is 36.4 Å². The summed E-state index contributed by atoms with van der Waals surface area (Å²) in [5, 5.41) is 0.903. The van der Waals surface area contributed by atoms with Gasteiger partial charge in [0, 0.05) is 11.4 Å². The molecule has 0 saturated heterocycles. The van der Waals surface area contributed by atoms with E-state index in [1.54, 1.807) is 0 Å². The molecule has 0 heterocycles. The summed E-state index contributed by atoms with van der Waals surface area (Å²) < 4.78 is 0. The number of fused-ring (bicyclic) bond motifs is 3. The van der Waals surface area contributed by atoms with Gasteiger partial charge in [-0.15, -0.1) is 0 Å². The van der Waals surface area contributed by atoms with E-state index in [1.165, 1.54) is 27.8 Å². The number of benzene rings is 2. The Balaban J connectivity index is 2.33. The summed E-state index contributed by atoms with van der Waals surface area (Å²) in [6.07, 6.45) is 0.977. The normalized spacial score (nSPS) is 12.7. The number of hydrogen-bond donors (Lipinski definition) is 0. The van der Waals surface area contributed by atoms with Crippen molar-refractivity contribution in [3.63, 3.8) is 0 Å². The SMILES string of the molecule is CC(C)c1ccc(Cl)c2c1-c1ccccc1C2. The summed E-state index contributed by atoms with van der Waals surface area (Å²) in [7, 11) is 0. The second-order valence-electron chi connectivity index (χ2n) is 4.98. The minimum Gasteiger partial charge on any atom is -0.0840 e. The van der Waals surface area contributed by atoms with Gasteiger partial charge in [-0.25, -0.2) is 0 Å². The van der Waals surface area contributed by atoms with Crippen LogP contribution >= 0.6 is 11.6 Å². The fourth-order valence-electron chi connectivity index (χ4n) is 2.72. The van der Waals surface area contributed by atoms with Crippen molar-refractivity contribution in [2.45, 2.75) is 26.2 Å². The van der Waals surface area contributed by atoms with E-state index in [0.29, 0.717) is 5.92 Å². The molecule has 0 nitrogen and oxygen atoms in total. The largest absolute Gasteiger partial charge is 0.0840 e. The van der Waals surface area contributed by atoms with Gasteiger partial charge in [0.05, 0.1) is 0 Å². The molecule has 17 heavy (non-hydrogen) atoms. The molecule has 0 N–H and O–H groups in total. The molecule has 0 atom stereocenters. The number of hydrogen-bond acceptors (Lipinski definition) is 0. The van der Waals surface area contributed by atoms with Gasteiger partial charge in [-0.2, -0.15) is 0 Å². The van der Waals surface area contributed by atoms with Crippen LogP contribution < -0.4 is 0 Å². The summed E-state index contributed by atoms with van der Waals surface area (Å²) in [6, 6.07) is 12.8. The van der Waals surface area contributed by atoms with Crippen molar-refractivity contribution in [3.8, 4) is 11.1 Å². The molecule has 0 bridgehead atoms. The van der Waals surface area contributed by atoms with Gasteiger partial charge in [-0.3, -0.25) is 0 Å². The topological polar surface area (TPSA) is 0 Å². The summed E-state index contributed by atoms with van der Waals surface area (Å²) in [6.45, 7) is 4.48. The van der Waals surface area contributed by atoms with Crippen molar-refractivity contribution < 1.29 is 0 Å². The van der Waals surface area contributed by atoms with Crippen molar-refractivity contribution >= 4 is 11.6 Å². The Labute approximate surface area is 107 Å². The Morgan fingerprint density at radius 2 is 1.82 bits per heavy atom. The minimum atomic E-state index is 0.534. The lowest BCUT2D eigenvalue weighted by Crippen LogP contribution is -1.93. The highest BCUT2D eigenvalue weighted by Gasteiger charge is 2.23. The molecular weight excluding hydrogens is 228 g/mol. The molecule has 0 spiro atoms. The van der Waals surface area contributed by atoms with Crippen LogP contribution in [0.2, 0.25) is 5.02 Å². The zero-order valence-corrected chi connectivity index (χ0v) is 10.9. The molecule has 0 amide bonds. The standard InChI is InChI=1S/C16H15Cl/c1-10(2)12-7-8-15(17)14-9-11-5-3-4-6-13(11)16(12)14/h3-8,10H,9H2,1-2H3. The summed E-state index contributed by atoms with van der Waals surface area (Å²) in [4.78, 5) is 0. The van der Waals surface area contributed by atoms with E-state index in [1.807, 2.05) is 6.07 Å². The maximum absolute atomic E-state index is 6.34. The van der Waals surface area contributed by atoms with Crippen LogP contribution in [-0.4, -0.2) is 0 Å². The van der Waals surface area contributed by atoms with Gasteiger partial charge in [0.2, 0.25) is 0 Å². The van der Waals surface area contributed by atoms with Gasteiger partial charge in [-0.1, -0.05) is 55.8 Å². The lowest BCUT2D eigenvalue weighted by Gasteiger charge is -2.13. The maximum atomic E-state index is 6.34. The average molecular weight is 243 g/mol. The molecule has 0 unspecified atom stereocenters. The van der Waals surface area contributed by atoms with E-state index in [4.69, 9.17) is 11.6 Å². The first-order valence-corrected chi connectivity index (χ1v) is 6.46. The monoisotopic (exact) mass is 242 g/mol. The van der Waals surface area contributed by atoms with E-state index in [0.717, 1.165) is 11.4 Å². The molecule has 0 aliphatic heterocycles. The molecule has 0 radical (unpaired) electrons. The molecule has 0 saturated carbocycles. The van der Waals surface area contributed by atoms with E-state index >= 15 is 0 Å². The van der Waals surface area contributed by atoms with Crippen LogP contribution in [0, 0.1) is 0 Å². The van der Waals surface area contributed by atoms with Gasteiger partial charge in [0.25, 0.3) is 0 Å². The minimum absolute atomic E-state index is 0.534. The average Bonchev–Trinajstić information content (AvgIpc) is 2.69. The molecule has 1 aliphatic carbocycles. The summed E-state index contributed by atoms with van der Waals surface area (Å²) in [5.41, 5.74) is 6.86. The number of halogens is 1. The first kappa shape index (κ1) is 10.9. The van der Waals surface area contributed by atoms with Gasteiger partial charge in [0.1, 0.15) is 0 Å². The first-order chi connectivity index (χ1) is 8.18. The molecule has 3 rings (SSSR count). The van der Waals surface area contributed by atoms with Gasteiger partial charge in [0.15, 0.2) is 0 Å². The maximum Gasteiger partial charge on any atom is 0.0447 e. The third-order valence-corrected chi connectivity index (χ3v) is 3.92. The van der Waals surface area contributed by atoms with Crippen molar-refractivity contribution in [2.24, 2.45) is 0 Å². The highest BCUT2D eigenvalue weighted by atomic mass is 35.5. The zero-order valence-electron chi connectivity index (χ0n) is 10.1. The Kier molecular flexibility index (Phi) is 2.48. The summed E-state index contributed by atoms with van der Waals surface area (Å²) in [5.74, 6) is 0.534. The quantitative estimate of drug-likeness (QED) is 0.561. The molecule has 1 aliphatic rings. The van der Waals surface area contributed by atoms with Crippen molar-refractivity contribution in [1.29, 1.82) is 0 Å². The third-order valence-electron chi connectivity index (χ3n) is 3.56. The van der Waals surface area contributed by atoms with E-state index in [2.05, 4.69) is 44.2 Å². The third kappa shape index (κ3) is 1.59. The highest BCUT2D eigenvalue weighted by molar-refractivity contribution is 6.32. The van der Waals surface area contributed by atoms with Crippen molar-refractivity contribution in [3.05, 3.63) is 58.1 Å². The van der Waals surface area contributed by atoms with Crippen LogP contribution in [0.4, 0.5) is 0 Å². The lowest BCUT2D eigenvalue weighted by molar-refractivity contribution is 0.868. The predicted molar refractivity (Wildman–Crippen MR) is 73.8 cm³/mol. The smallest absolute Gasteiger partial charge is 0.0447 e. The van der Waals surface area contributed by atoms with Crippen LogP contribution in [0.3, 0.4) is 0 Å². The van der Waals surface area contributed by atoms with Gasteiger partial charge in [-0.05, 0) is 39.8 Å². The van der Waals surface area contributed by atoms with Gasteiger partial charge >= 0.3 is 0 Å². The predicted octanol–water partition coefficient (Wildman–Crippen LogP) is 5.03. The Bertz CT molecular complexity index is 582. The van der Waals surface area contributed by atoms with Crippen molar-refractivity contribution in [2.75, 3.05) is 0 Å². The molecule has 2 aromatic rings. The summed E-state index contributed by atoms with van der Waals surface area (Å²) >= 11 is 6.34. The van der Waals surface area contributed by atoms with Crippen LogP contribution in [0.1, 0.15) is 36.5 Å². The highest BCUT2D eigenvalue weighted by Crippen LogP contribution is 2.44. The Morgan fingerprint density at radius 3 is 2.59 bits per heavy atom. The second kappa shape index (κ2) is 3.89. The van der Waals surface area contributed by atoms with Crippen LogP contribution in [-0.2, 0) is 6.42 Å². The molecule has 2 aromatic carbocycles. The lowest BCUT2D eigenvalue weighted by atomic mass is 9.92. The first-order valence-electron chi connectivity index (χ1n) is 6.08. The fraction of sp³-hybridized carbons (Fsp3) is 0.250. The Morgan fingerprint density at radius 1 is 1.06 bits per heavy atom. The van der Waals surface area contributed by atoms with Crippen LogP contribution in [0.5, 0.6) is 0 Å². The van der Waals surface area contributed by atoms with Crippen LogP contribution in [0.25, 0.3) is 11.1 Å². The number of rotatable bonds is 1. The Hall–Kier alpha value is -1.27. The fourth-order valence-corrected chi connectivity index (χ4v) is 2.95. The van der Waals surface area contributed by atoms with E-state index < -0.39 is 0 Å². The van der Waals surface area contributed by atoms with Crippen molar-refractivity contribution in [1.82, 2.24) is 0 Å². The second-order valence-corrected chi connectivity index (χ2v) is 5.39. The molecule has 0 aromatic heterocycles. The van der Waals surface area contributed by atoms with Gasteiger partial charge < -0.3 is 0 Å². The van der Waals surface area contributed by atoms with E-state index in [9.17, 15) is 0 Å². The molecule has 0 fully saturated rings.